The zero-order valence-corrected chi connectivity index (χ0v) is 9.29. The smallest absolute Gasteiger partial charge is 0.224 e. The van der Waals surface area contributed by atoms with Gasteiger partial charge in [0.1, 0.15) is 0 Å². The summed E-state index contributed by atoms with van der Waals surface area (Å²) in [6.45, 7) is 4.04. The minimum absolute atomic E-state index is 0.0299. The van der Waals surface area contributed by atoms with Crippen molar-refractivity contribution in [3.05, 3.63) is 29.8 Å². The molecule has 3 heteroatoms. The normalized spacial score (nSPS) is 12.1. The fourth-order valence-electron chi connectivity index (χ4n) is 1.30. The van der Waals surface area contributed by atoms with Crippen molar-refractivity contribution >= 4 is 11.6 Å². The van der Waals surface area contributed by atoms with Crippen LogP contribution in [0.5, 0.6) is 0 Å². The molecule has 0 radical (unpaired) electrons. The Kier molecular flexibility index (Phi) is 4.16. The molecule has 1 amide bonds. The van der Waals surface area contributed by atoms with E-state index in [0.29, 0.717) is 12.1 Å². The van der Waals surface area contributed by atoms with E-state index in [1.807, 2.05) is 38.1 Å². The van der Waals surface area contributed by atoms with Crippen LogP contribution < -0.4 is 11.1 Å². The molecule has 0 saturated heterocycles. The first kappa shape index (κ1) is 11.6. The van der Waals surface area contributed by atoms with Gasteiger partial charge in [0.15, 0.2) is 0 Å². The molecule has 1 aromatic carbocycles. The minimum atomic E-state index is 0.0299. The van der Waals surface area contributed by atoms with Crippen LogP contribution in [0.4, 0.5) is 5.69 Å². The maximum atomic E-state index is 11.6. The van der Waals surface area contributed by atoms with Crippen LogP contribution in [0, 0.1) is 0 Å². The van der Waals surface area contributed by atoms with Gasteiger partial charge in [-0.05, 0) is 25.0 Å². The average molecular weight is 206 g/mol. The summed E-state index contributed by atoms with van der Waals surface area (Å²) in [4.78, 5) is 11.6. The molecule has 1 atom stereocenters. The summed E-state index contributed by atoms with van der Waals surface area (Å²) in [5.74, 6) is 0.0299. The molecule has 0 saturated carbocycles. The quantitative estimate of drug-likeness (QED) is 0.737. The predicted octanol–water partition coefficient (Wildman–Crippen LogP) is 1.73. The van der Waals surface area contributed by atoms with Gasteiger partial charge in [0, 0.05) is 11.7 Å². The number of hydrogen-bond acceptors (Lipinski definition) is 2. The number of nitrogens with one attached hydrogen (secondary N) is 1. The Morgan fingerprint density at radius 2 is 2.13 bits per heavy atom. The first-order valence-corrected chi connectivity index (χ1v) is 5.26. The molecular weight excluding hydrogens is 188 g/mol. The van der Waals surface area contributed by atoms with Gasteiger partial charge in [0.05, 0.1) is 6.42 Å². The zero-order valence-electron chi connectivity index (χ0n) is 9.29. The molecule has 0 aliphatic carbocycles. The number of para-hydroxylation sites is 1. The molecule has 0 aliphatic heterocycles. The van der Waals surface area contributed by atoms with Crippen molar-refractivity contribution in [1.82, 2.24) is 5.32 Å². The number of carbonyl (C=O) groups is 1. The standard InChI is InChI=1S/C12H18N2O/c1-3-9(2)14-12(15)8-10-6-4-5-7-11(10)13/h4-7,9H,3,8,13H2,1-2H3,(H,14,15). The van der Waals surface area contributed by atoms with Crippen molar-refractivity contribution in [3.63, 3.8) is 0 Å². The molecule has 0 bridgehead atoms. The van der Waals surface area contributed by atoms with Crippen molar-refractivity contribution in [2.75, 3.05) is 5.73 Å². The Labute approximate surface area is 90.7 Å². The van der Waals surface area contributed by atoms with Gasteiger partial charge in [0.2, 0.25) is 5.91 Å². The highest BCUT2D eigenvalue weighted by atomic mass is 16.1. The fourth-order valence-corrected chi connectivity index (χ4v) is 1.30. The maximum absolute atomic E-state index is 11.6. The van der Waals surface area contributed by atoms with Crippen LogP contribution in [-0.2, 0) is 11.2 Å². The molecule has 0 aromatic heterocycles. The van der Waals surface area contributed by atoms with E-state index in [0.717, 1.165) is 12.0 Å². The number of carbonyl (C=O) groups excluding carboxylic acids is 1. The number of amides is 1. The van der Waals surface area contributed by atoms with E-state index in [1.165, 1.54) is 0 Å². The Morgan fingerprint density at radius 1 is 1.47 bits per heavy atom. The number of rotatable bonds is 4. The average Bonchev–Trinajstić information content (AvgIpc) is 2.21. The molecule has 1 aromatic rings. The monoisotopic (exact) mass is 206 g/mol. The summed E-state index contributed by atoms with van der Waals surface area (Å²) in [5.41, 5.74) is 7.32. The van der Waals surface area contributed by atoms with E-state index in [1.54, 1.807) is 0 Å². The van der Waals surface area contributed by atoms with E-state index >= 15 is 0 Å². The third-order valence-corrected chi connectivity index (χ3v) is 2.43. The van der Waals surface area contributed by atoms with Gasteiger partial charge >= 0.3 is 0 Å². The molecular formula is C12H18N2O. The molecule has 0 spiro atoms. The molecule has 0 aliphatic rings. The Hall–Kier alpha value is -1.51. The van der Waals surface area contributed by atoms with E-state index in [9.17, 15) is 4.79 Å². The second kappa shape index (κ2) is 5.39. The van der Waals surface area contributed by atoms with Crippen LogP contribution in [0.1, 0.15) is 25.8 Å². The topological polar surface area (TPSA) is 55.1 Å². The van der Waals surface area contributed by atoms with Crippen LogP contribution in [-0.4, -0.2) is 11.9 Å². The SMILES string of the molecule is CCC(C)NC(=O)Cc1ccccc1N. The molecule has 0 fully saturated rings. The summed E-state index contributed by atoms with van der Waals surface area (Å²) in [6.07, 6.45) is 1.30. The first-order valence-electron chi connectivity index (χ1n) is 5.26. The van der Waals surface area contributed by atoms with Gasteiger partial charge in [-0.3, -0.25) is 4.79 Å². The number of nitrogen functional groups attached to an aromatic ring is 1. The second-order valence-corrected chi connectivity index (χ2v) is 3.75. The highest BCUT2D eigenvalue weighted by molar-refractivity contribution is 5.80. The Morgan fingerprint density at radius 3 is 2.73 bits per heavy atom. The highest BCUT2D eigenvalue weighted by Crippen LogP contribution is 2.10. The fraction of sp³-hybridized carbons (Fsp3) is 0.417. The molecule has 3 N–H and O–H groups in total. The van der Waals surface area contributed by atoms with Crippen molar-refractivity contribution in [1.29, 1.82) is 0 Å². The summed E-state index contributed by atoms with van der Waals surface area (Å²) in [7, 11) is 0. The van der Waals surface area contributed by atoms with Crippen LogP contribution in [0.25, 0.3) is 0 Å². The summed E-state index contributed by atoms with van der Waals surface area (Å²) >= 11 is 0. The molecule has 15 heavy (non-hydrogen) atoms. The van der Waals surface area contributed by atoms with E-state index in [2.05, 4.69) is 5.32 Å². The lowest BCUT2D eigenvalue weighted by Crippen LogP contribution is -2.33. The third-order valence-electron chi connectivity index (χ3n) is 2.43. The maximum Gasteiger partial charge on any atom is 0.224 e. The molecule has 3 nitrogen and oxygen atoms in total. The van der Waals surface area contributed by atoms with E-state index in [-0.39, 0.29) is 11.9 Å². The van der Waals surface area contributed by atoms with Gasteiger partial charge in [-0.25, -0.2) is 0 Å². The zero-order chi connectivity index (χ0) is 11.3. The van der Waals surface area contributed by atoms with Crippen LogP contribution in [0.2, 0.25) is 0 Å². The molecule has 1 rings (SSSR count). The van der Waals surface area contributed by atoms with Gasteiger partial charge in [-0.2, -0.15) is 0 Å². The lowest BCUT2D eigenvalue weighted by Gasteiger charge is -2.11. The lowest BCUT2D eigenvalue weighted by atomic mass is 10.1. The highest BCUT2D eigenvalue weighted by Gasteiger charge is 2.07. The van der Waals surface area contributed by atoms with Crippen LogP contribution in [0.15, 0.2) is 24.3 Å². The predicted molar refractivity (Wildman–Crippen MR) is 62.5 cm³/mol. The van der Waals surface area contributed by atoms with E-state index < -0.39 is 0 Å². The summed E-state index contributed by atoms with van der Waals surface area (Å²) in [6, 6.07) is 7.67. The largest absolute Gasteiger partial charge is 0.398 e. The number of nitrogens with two attached hydrogens (primary N) is 1. The molecule has 1 unspecified atom stereocenters. The van der Waals surface area contributed by atoms with Crippen LogP contribution >= 0.6 is 0 Å². The number of benzene rings is 1. The third kappa shape index (κ3) is 3.62. The van der Waals surface area contributed by atoms with Crippen molar-refractivity contribution in [3.8, 4) is 0 Å². The first-order chi connectivity index (χ1) is 7.13. The van der Waals surface area contributed by atoms with Crippen molar-refractivity contribution in [2.45, 2.75) is 32.7 Å². The number of anilines is 1. The van der Waals surface area contributed by atoms with E-state index in [4.69, 9.17) is 5.73 Å². The summed E-state index contributed by atoms with van der Waals surface area (Å²) < 4.78 is 0. The Balaban J connectivity index is 2.55. The van der Waals surface area contributed by atoms with Gasteiger partial charge in [0.25, 0.3) is 0 Å². The van der Waals surface area contributed by atoms with Crippen molar-refractivity contribution in [2.24, 2.45) is 0 Å². The molecule has 82 valence electrons. The minimum Gasteiger partial charge on any atom is -0.398 e. The van der Waals surface area contributed by atoms with Gasteiger partial charge < -0.3 is 11.1 Å². The second-order valence-electron chi connectivity index (χ2n) is 3.75. The van der Waals surface area contributed by atoms with Crippen LogP contribution in [0.3, 0.4) is 0 Å². The summed E-state index contributed by atoms with van der Waals surface area (Å²) in [5, 5.41) is 2.91. The number of hydrogen-bond donors (Lipinski definition) is 2. The van der Waals surface area contributed by atoms with Gasteiger partial charge in [-0.15, -0.1) is 0 Å². The van der Waals surface area contributed by atoms with Crippen molar-refractivity contribution < 1.29 is 4.79 Å². The van der Waals surface area contributed by atoms with Gasteiger partial charge in [-0.1, -0.05) is 25.1 Å². The Bertz CT molecular complexity index is 336. The lowest BCUT2D eigenvalue weighted by molar-refractivity contribution is -0.121. The molecule has 0 heterocycles.